The predicted molar refractivity (Wildman–Crippen MR) is 105 cm³/mol. The number of nitrogens with zero attached hydrogens (tertiary/aromatic N) is 2. The van der Waals surface area contributed by atoms with E-state index in [0.717, 1.165) is 27.7 Å². The number of benzene rings is 3. The van der Waals surface area contributed by atoms with Crippen molar-refractivity contribution in [2.24, 2.45) is 0 Å². The first-order valence-electron chi connectivity index (χ1n) is 7.75. The van der Waals surface area contributed by atoms with E-state index in [0.29, 0.717) is 15.9 Å². The summed E-state index contributed by atoms with van der Waals surface area (Å²) in [6.45, 7) is 0. The lowest BCUT2D eigenvalue weighted by Crippen LogP contribution is -1.99. The summed E-state index contributed by atoms with van der Waals surface area (Å²) >= 11 is 12.0. The zero-order valence-electron chi connectivity index (χ0n) is 13.1. The molecule has 25 heavy (non-hydrogen) atoms. The average molecular weight is 366 g/mol. The van der Waals surface area contributed by atoms with E-state index < -0.39 is 0 Å². The molecule has 0 saturated carbocycles. The molecule has 0 spiro atoms. The summed E-state index contributed by atoms with van der Waals surface area (Å²) in [6.07, 6.45) is 0. The number of hydrogen-bond donors (Lipinski definition) is 1. The predicted octanol–water partition coefficient (Wildman–Crippen LogP) is 6.35. The minimum atomic E-state index is 0.667. The van der Waals surface area contributed by atoms with E-state index >= 15 is 0 Å². The number of hydrogen-bond acceptors (Lipinski definition) is 3. The van der Waals surface area contributed by atoms with Crippen LogP contribution in [0.5, 0.6) is 0 Å². The fourth-order valence-electron chi connectivity index (χ4n) is 2.72. The van der Waals surface area contributed by atoms with Gasteiger partial charge in [0, 0.05) is 32.1 Å². The maximum Gasteiger partial charge on any atom is 0.161 e. The molecule has 4 aromatic rings. The summed E-state index contributed by atoms with van der Waals surface area (Å²) < 4.78 is 0. The van der Waals surface area contributed by atoms with Crippen molar-refractivity contribution in [1.82, 2.24) is 10.2 Å². The Balaban J connectivity index is 1.83. The highest BCUT2D eigenvalue weighted by Crippen LogP contribution is 2.31. The Morgan fingerprint density at radius 1 is 0.680 bits per heavy atom. The zero-order valence-corrected chi connectivity index (χ0v) is 14.6. The smallest absolute Gasteiger partial charge is 0.161 e. The molecule has 0 atom stereocenters. The van der Waals surface area contributed by atoms with Gasteiger partial charge in [0.25, 0.3) is 0 Å². The highest BCUT2D eigenvalue weighted by atomic mass is 35.5. The van der Waals surface area contributed by atoms with Crippen LogP contribution in [0.1, 0.15) is 0 Å². The molecular formula is C20H13Cl2N3. The largest absolute Gasteiger partial charge is 0.338 e. The molecule has 0 radical (unpaired) electrons. The Kier molecular flexibility index (Phi) is 4.26. The van der Waals surface area contributed by atoms with E-state index in [1.54, 1.807) is 0 Å². The van der Waals surface area contributed by atoms with Crippen molar-refractivity contribution < 1.29 is 0 Å². The molecule has 0 fully saturated rings. The lowest BCUT2D eigenvalue weighted by molar-refractivity contribution is 1.06. The van der Waals surface area contributed by atoms with E-state index in [9.17, 15) is 0 Å². The fraction of sp³-hybridized carbons (Fsp3) is 0. The third-order valence-electron chi connectivity index (χ3n) is 3.89. The normalized spacial score (nSPS) is 10.8. The maximum absolute atomic E-state index is 6.06. The van der Waals surface area contributed by atoms with Gasteiger partial charge in [-0.3, -0.25) is 0 Å². The van der Waals surface area contributed by atoms with Crippen molar-refractivity contribution in [3.63, 3.8) is 0 Å². The molecule has 0 amide bonds. The van der Waals surface area contributed by atoms with Crippen molar-refractivity contribution >= 4 is 45.5 Å². The summed E-state index contributed by atoms with van der Waals surface area (Å²) in [4.78, 5) is 0. The fourth-order valence-corrected chi connectivity index (χ4v) is 3.04. The van der Waals surface area contributed by atoms with E-state index in [1.165, 1.54) is 0 Å². The first-order chi connectivity index (χ1) is 12.2. The first-order valence-corrected chi connectivity index (χ1v) is 8.50. The van der Waals surface area contributed by atoms with Crippen LogP contribution >= 0.6 is 23.2 Å². The van der Waals surface area contributed by atoms with Gasteiger partial charge < -0.3 is 5.32 Å². The number of nitrogens with one attached hydrogen (secondary N) is 1. The molecule has 5 heteroatoms. The molecule has 0 aliphatic carbocycles. The van der Waals surface area contributed by atoms with Gasteiger partial charge in [0.15, 0.2) is 5.82 Å². The number of aromatic nitrogens is 2. The molecule has 1 N–H and O–H groups in total. The van der Waals surface area contributed by atoms with Crippen LogP contribution in [-0.2, 0) is 0 Å². The van der Waals surface area contributed by atoms with E-state index in [4.69, 9.17) is 23.2 Å². The minimum absolute atomic E-state index is 0.667. The van der Waals surface area contributed by atoms with E-state index in [1.807, 2.05) is 72.8 Å². The van der Waals surface area contributed by atoms with Crippen LogP contribution in [0.2, 0.25) is 10.0 Å². The Labute approximate surface area is 155 Å². The molecule has 0 unspecified atom stereocenters. The molecular weight excluding hydrogens is 353 g/mol. The van der Waals surface area contributed by atoms with Crippen molar-refractivity contribution in [2.75, 3.05) is 5.32 Å². The summed E-state index contributed by atoms with van der Waals surface area (Å²) in [7, 11) is 0. The molecule has 0 bridgehead atoms. The molecule has 0 aliphatic rings. The Hall–Kier alpha value is -2.62. The number of anilines is 2. The second kappa shape index (κ2) is 6.71. The molecule has 1 heterocycles. The van der Waals surface area contributed by atoms with Gasteiger partial charge in [-0.15, -0.1) is 10.2 Å². The van der Waals surface area contributed by atoms with Crippen molar-refractivity contribution in [1.29, 1.82) is 0 Å². The standard InChI is InChI=1S/C20H13Cl2N3/c21-14-10-8-13(9-11-14)19-17-6-1-2-7-18(17)20(25-24-19)23-16-5-3-4-15(22)12-16/h1-12H,(H,23,25). The van der Waals surface area contributed by atoms with Crippen LogP contribution in [0.4, 0.5) is 11.5 Å². The third kappa shape index (κ3) is 3.29. The highest BCUT2D eigenvalue weighted by molar-refractivity contribution is 6.31. The second-order valence-electron chi connectivity index (χ2n) is 5.59. The van der Waals surface area contributed by atoms with Crippen molar-refractivity contribution in [3.05, 3.63) is 82.8 Å². The quantitative estimate of drug-likeness (QED) is 0.459. The number of rotatable bonds is 3. The lowest BCUT2D eigenvalue weighted by atomic mass is 10.0. The van der Waals surface area contributed by atoms with Gasteiger partial charge in [0.05, 0.1) is 0 Å². The number of fused-ring (bicyclic) bond motifs is 1. The SMILES string of the molecule is Clc1ccc(-c2nnc(Nc3cccc(Cl)c3)c3ccccc23)cc1. The molecule has 3 aromatic carbocycles. The maximum atomic E-state index is 6.06. The van der Waals surface area contributed by atoms with Crippen LogP contribution < -0.4 is 5.32 Å². The second-order valence-corrected chi connectivity index (χ2v) is 6.46. The van der Waals surface area contributed by atoms with Gasteiger partial charge in [-0.1, -0.05) is 65.7 Å². The van der Waals surface area contributed by atoms with Gasteiger partial charge in [-0.25, -0.2) is 0 Å². The monoisotopic (exact) mass is 365 g/mol. The lowest BCUT2D eigenvalue weighted by Gasteiger charge is -2.11. The van der Waals surface area contributed by atoms with E-state index in [2.05, 4.69) is 15.5 Å². The summed E-state index contributed by atoms with van der Waals surface area (Å²) in [5, 5.41) is 15.5. The summed E-state index contributed by atoms with van der Waals surface area (Å²) in [5.74, 6) is 0.690. The molecule has 122 valence electrons. The molecule has 0 saturated heterocycles. The van der Waals surface area contributed by atoms with Crippen LogP contribution in [-0.4, -0.2) is 10.2 Å². The van der Waals surface area contributed by atoms with Crippen LogP contribution in [0, 0.1) is 0 Å². The summed E-state index contributed by atoms with van der Waals surface area (Å²) in [5.41, 5.74) is 2.66. The molecule has 1 aromatic heterocycles. The minimum Gasteiger partial charge on any atom is -0.338 e. The molecule has 3 nitrogen and oxygen atoms in total. The average Bonchev–Trinajstić information content (AvgIpc) is 2.63. The zero-order chi connectivity index (χ0) is 17.2. The third-order valence-corrected chi connectivity index (χ3v) is 4.38. The summed E-state index contributed by atoms with van der Waals surface area (Å²) in [6, 6.07) is 23.2. The topological polar surface area (TPSA) is 37.8 Å². The van der Waals surface area contributed by atoms with Gasteiger partial charge >= 0.3 is 0 Å². The Morgan fingerprint density at radius 2 is 1.44 bits per heavy atom. The van der Waals surface area contributed by atoms with Crippen molar-refractivity contribution in [2.45, 2.75) is 0 Å². The van der Waals surface area contributed by atoms with Crippen LogP contribution in [0.3, 0.4) is 0 Å². The number of halogens is 2. The van der Waals surface area contributed by atoms with Gasteiger partial charge in [0.2, 0.25) is 0 Å². The van der Waals surface area contributed by atoms with Crippen LogP contribution in [0.25, 0.3) is 22.0 Å². The van der Waals surface area contributed by atoms with Gasteiger partial charge in [-0.2, -0.15) is 0 Å². The Bertz CT molecular complexity index is 1050. The van der Waals surface area contributed by atoms with Gasteiger partial charge in [0.1, 0.15) is 5.69 Å². The first kappa shape index (κ1) is 15.9. The molecule has 4 rings (SSSR count). The van der Waals surface area contributed by atoms with E-state index in [-0.39, 0.29) is 0 Å². The van der Waals surface area contributed by atoms with Gasteiger partial charge in [-0.05, 0) is 30.3 Å². The van der Waals surface area contributed by atoms with Crippen LogP contribution in [0.15, 0.2) is 72.8 Å². The van der Waals surface area contributed by atoms with Crippen molar-refractivity contribution in [3.8, 4) is 11.3 Å². The Morgan fingerprint density at radius 3 is 2.20 bits per heavy atom. The molecule has 0 aliphatic heterocycles. The highest BCUT2D eigenvalue weighted by Gasteiger charge is 2.11.